The van der Waals surface area contributed by atoms with Crippen LogP contribution in [0.15, 0.2) is 218 Å². The van der Waals surface area contributed by atoms with Gasteiger partial charge in [0.05, 0.1) is 11.4 Å². The van der Waals surface area contributed by atoms with E-state index in [1.807, 2.05) is 0 Å². The van der Waals surface area contributed by atoms with Crippen LogP contribution in [0.2, 0.25) is 0 Å². The molecule has 10 aromatic carbocycles. The van der Waals surface area contributed by atoms with Gasteiger partial charge in [0, 0.05) is 44.3 Å². The zero-order valence-electron chi connectivity index (χ0n) is 29.7. The normalized spacial score (nSPS) is 11.3. The van der Waals surface area contributed by atoms with Crippen molar-refractivity contribution in [3.63, 3.8) is 0 Å². The second kappa shape index (κ2) is 13.4. The summed E-state index contributed by atoms with van der Waals surface area (Å²) < 4.78 is 0. The molecule has 2 heteroatoms. The van der Waals surface area contributed by atoms with Crippen LogP contribution in [0.3, 0.4) is 0 Å². The second-order valence-corrected chi connectivity index (χ2v) is 13.8. The Labute approximate surface area is 315 Å². The molecule has 10 aromatic rings. The maximum atomic E-state index is 2.41. The molecule has 0 aliphatic heterocycles. The first kappa shape index (κ1) is 31.6. The highest BCUT2D eigenvalue weighted by Gasteiger charge is 2.20. The predicted molar refractivity (Wildman–Crippen MR) is 231 cm³/mol. The minimum atomic E-state index is 1.11. The smallest absolute Gasteiger partial charge is 0.0618 e. The number of hydrogen-bond donors (Lipinski definition) is 0. The lowest BCUT2D eigenvalue weighted by molar-refractivity contribution is 1.30. The Kier molecular flexibility index (Phi) is 7.85. The van der Waals surface area contributed by atoms with E-state index < -0.39 is 0 Å². The molecule has 10 rings (SSSR count). The standard InChI is InChI=1S/C52H36N2/c1-3-19-43(20-4-1)53(51-47-23-11-7-15-39(47)35-40-16-8-12-24-48(40)51)45-31-27-37(28-32-45)38-29-33-46(34-30-38)54(44-21-5-2-6-22-44)52-49-25-13-9-17-41(49)36-42-18-10-14-26-50(42)52/h1-36H. The third-order valence-corrected chi connectivity index (χ3v) is 10.5. The maximum absolute atomic E-state index is 2.41. The van der Waals surface area contributed by atoms with Gasteiger partial charge in [-0.25, -0.2) is 0 Å². The molecule has 2 nitrogen and oxygen atoms in total. The summed E-state index contributed by atoms with van der Waals surface area (Å²) >= 11 is 0. The molecule has 0 N–H and O–H groups in total. The molecule has 0 amide bonds. The van der Waals surface area contributed by atoms with Crippen molar-refractivity contribution in [1.29, 1.82) is 0 Å². The maximum Gasteiger partial charge on any atom is 0.0618 e. The molecule has 0 unspecified atom stereocenters. The van der Waals surface area contributed by atoms with Crippen molar-refractivity contribution in [2.45, 2.75) is 0 Å². The Bertz CT molecular complexity index is 2600. The monoisotopic (exact) mass is 688 g/mol. The van der Waals surface area contributed by atoms with E-state index in [1.54, 1.807) is 0 Å². The number of rotatable bonds is 7. The van der Waals surface area contributed by atoms with E-state index in [9.17, 15) is 0 Å². The minimum Gasteiger partial charge on any atom is -0.309 e. The lowest BCUT2D eigenvalue weighted by atomic mass is 9.98. The van der Waals surface area contributed by atoms with E-state index in [-0.39, 0.29) is 0 Å². The van der Waals surface area contributed by atoms with E-state index in [1.165, 1.54) is 65.6 Å². The predicted octanol–water partition coefficient (Wildman–Crippen LogP) is 14.9. The van der Waals surface area contributed by atoms with Gasteiger partial charge in [-0.15, -0.1) is 0 Å². The van der Waals surface area contributed by atoms with Crippen molar-refractivity contribution in [3.05, 3.63) is 218 Å². The van der Waals surface area contributed by atoms with Gasteiger partial charge in [-0.3, -0.25) is 0 Å². The summed E-state index contributed by atoms with van der Waals surface area (Å²) in [6.07, 6.45) is 0. The largest absolute Gasteiger partial charge is 0.309 e. The fourth-order valence-corrected chi connectivity index (χ4v) is 8.04. The Hall–Kier alpha value is -7.16. The first-order chi connectivity index (χ1) is 26.8. The highest BCUT2D eigenvalue weighted by Crippen LogP contribution is 2.46. The highest BCUT2D eigenvalue weighted by molar-refractivity contribution is 6.15. The Morgan fingerprint density at radius 2 is 0.481 bits per heavy atom. The zero-order valence-corrected chi connectivity index (χ0v) is 29.7. The molecule has 0 spiro atoms. The SMILES string of the molecule is c1ccc(N(c2ccc(-c3ccc(N(c4ccccc4)c4c5ccccc5cc5ccccc45)cc3)cc2)c2c3ccccc3cc3ccccc23)cc1. The first-order valence-corrected chi connectivity index (χ1v) is 18.5. The first-order valence-electron chi connectivity index (χ1n) is 18.5. The van der Waals surface area contributed by atoms with Gasteiger partial charge in [0.2, 0.25) is 0 Å². The van der Waals surface area contributed by atoms with Gasteiger partial charge in [-0.2, -0.15) is 0 Å². The molecule has 0 heterocycles. The van der Waals surface area contributed by atoms with Crippen LogP contribution in [0.1, 0.15) is 0 Å². The topological polar surface area (TPSA) is 6.48 Å². The Morgan fingerprint density at radius 3 is 0.796 bits per heavy atom. The number of para-hydroxylation sites is 2. The van der Waals surface area contributed by atoms with Gasteiger partial charge in [0.1, 0.15) is 0 Å². The summed E-state index contributed by atoms with van der Waals surface area (Å²) in [6.45, 7) is 0. The van der Waals surface area contributed by atoms with E-state index in [2.05, 4.69) is 228 Å². The fourth-order valence-electron chi connectivity index (χ4n) is 8.04. The Balaban J connectivity index is 1.07. The summed E-state index contributed by atoms with van der Waals surface area (Å²) in [5.74, 6) is 0. The van der Waals surface area contributed by atoms with Crippen LogP contribution in [-0.2, 0) is 0 Å². The molecule has 0 aliphatic rings. The van der Waals surface area contributed by atoms with Gasteiger partial charge in [-0.1, -0.05) is 158 Å². The van der Waals surface area contributed by atoms with Gasteiger partial charge in [0.15, 0.2) is 0 Å². The lowest BCUT2D eigenvalue weighted by Gasteiger charge is -2.29. The van der Waals surface area contributed by atoms with Crippen LogP contribution >= 0.6 is 0 Å². The molecule has 0 saturated carbocycles. The average molecular weight is 689 g/mol. The van der Waals surface area contributed by atoms with Crippen molar-refractivity contribution in [2.75, 3.05) is 9.80 Å². The molecule has 0 aliphatic carbocycles. The van der Waals surface area contributed by atoms with Crippen LogP contribution < -0.4 is 9.80 Å². The van der Waals surface area contributed by atoms with E-state index >= 15 is 0 Å². The minimum absolute atomic E-state index is 1.11. The van der Waals surface area contributed by atoms with Crippen molar-refractivity contribution in [3.8, 4) is 11.1 Å². The lowest BCUT2D eigenvalue weighted by Crippen LogP contribution is -2.11. The molecule has 0 fully saturated rings. The summed E-state index contributed by atoms with van der Waals surface area (Å²) in [5.41, 5.74) is 9.19. The van der Waals surface area contributed by atoms with Gasteiger partial charge in [-0.05, 0) is 93.3 Å². The second-order valence-electron chi connectivity index (χ2n) is 13.8. The van der Waals surface area contributed by atoms with Crippen LogP contribution in [0.4, 0.5) is 34.1 Å². The quantitative estimate of drug-likeness (QED) is 0.154. The zero-order chi connectivity index (χ0) is 35.8. The van der Waals surface area contributed by atoms with Crippen molar-refractivity contribution < 1.29 is 0 Å². The van der Waals surface area contributed by atoms with Gasteiger partial charge < -0.3 is 9.80 Å². The van der Waals surface area contributed by atoms with E-state index in [4.69, 9.17) is 0 Å². The molecule has 0 atom stereocenters. The fraction of sp³-hybridized carbons (Fsp3) is 0. The Morgan fingerprint density at radius 1 is 0.222 bits per heavy atom. The number of fused-ring (bicyclic) bond motifs is 4. The van der Waals surface area contributed by atoms with E-state index in [0.717, 1.165) is 22.7 Å². The summed E-state index contributed by atoms with van der Waals surface area (Å²) in [7, 11) is 0. The number of nitrogens with zero attached hydrogens (tertiary/aromatic N) is 2. The van der Waals surface area contributed by atoms with Crippen molar-refractivity contribution in [1.82, 2.24) is 0 Å². The summed E-state index contributed by atoms with van der Waals surface area (Å²) in [4.78, 5) is 4.81. The summed E-state index contributed by atoms with van der Waals surface area (Å²) in [6, 6.07) is 78.9. The number of hydrogen-bond acceptors (Lipinski definition) is 2. The number of anilines is 6. The highest BCUT2D eigenvalue weighted by atomic mass is 15.2. The van der Waals surface area contributed by atoms with Crippen LogP contribution in [0, 0.1) is 0 Å². The van der Waals surface area contributed by atoms with Crippen molar-refractivity contribution in [2.24, 2.45) is 0 Å². The van der Waals surface area contributed by atoms with Gasteiger partial charge in [0.25, 0.3) is 0 Å². The molecule has 0 aromatic heterocycles. The van der Waals surface area contributed by atoms with Gasteiger partial charge >= 0.3 is 0 Å². The third kappa shape index (κ3) is 5.53. The average Bonchev–Trinajstić information content (AvgIpc) is 3.24. The molecule has 0 bridgehead atoms. The molecule has 0 saturated heterocycles. The van der Waals surface area contributed by atoms with Crippen LogP contribution in [0.25, 0.3) is 54.2 Å². The molecule has 0 radical (unpaired) electrons. The van der Waals surface area contributed by atoms with Crippen LogP contribution in [-0.4, -0.2) is 0 Å². The molecular formula is C52H36N2. The molecule has 54 heavy (non-hydrogen) atoms. The molecular weight excluding hydrogens is 653 g/mol. The van der Waals surface area contributed by atoms with Crippen LogP contribution in [0.5, 0.6) is 0 Å². The number of benzene rings is 10. The van der Waals surface area contributed by atoms with Crippen molar-refractivity contribution >= 4 is 77.2 Å². The third-order valence-electron chi connectivity index (χ3n) is 10.5. The summed E-state index contributed by atoms with van der Waals surface area (Å²) in [5, 5.41) is 9.80. The van der Waals surface area contributed by atoms with E-state index in [0.29, 0.717) is 0 Å². The molecule has 254 valence electrons.